The number of pyridine rings is 1. The van der Waals surface area contributed by atoms with Crippen LogP contribution in [0.3, 0.4) is 0 Å². The molecular formula is C20H8Cl2F3N5O2S. The minimum Gasteiger partial charge on any atom is -0.277 e. The average Bonchev–Trinajstić information content (AvgIpc) is 3.11. The van der Waals surface area contributed by atoms with Crippen LogP contribution in [0, 0.1) is 22.7 Å². The van der Waals surface area contributed by atoms with Crippen molar-refractivity contribution < 1.29 is 21.6 Å². The molecule has 0 aliphatic heterocycles. The van der Waals surface area contributed by atoms with Gasteiger partial charge < -0.3 is 0 Å². The third kappa shape index (κ3) is 3.91. The molecule has 0 aliphatic carbocycles. The molecule has 0 radical (unpaired) electrons. The second-order valence-corrected chi connectivity index (χ2v) is 9.19. The van der Waals surface area contributed by atoms with E-state index in [1.807, 2.05) is 6.07 Å². The molecule has 2 aromatic heterocycles. The third-order valence-electron chi connectivity index (χ3n) is 4.66. The van der Waals surface area contributed by atoms with E-state index < -0.39 is 38.8 Å². The topological polar surface area (TPSA) is 111 Å². The normalized spacial score (nSPS) is 12.0. The van der Waals surface area contributed by atoms with Gasteiger partial charge in [0.25, 0.3) is 10.0 Å². The maximum atomic E-state index is 13.7. The number of rotatable bonds is 3. The summed E-state index contributed by atoms with van der Waals surface area (Å²) in [4.78, 5) is 3.78. The SMILES string of the molecule is N#Cc1ccc(S(=O)(=O)Nc2cc(C(F)(F)F)c(C#N)c3nc4cc(Cl)c(Cl)cc4n23)cc1. The van der Waals surface area contributed by atoms with Crippen LogP contribution in [-0.4, -0.2) is 17.8 Å². The lowest BCUT2D eigenvalue weighted by Crippen LogP contribution is -2.18. The van der Waals surface area contributed by atoms with Gasteiger partial charge in [-0.25, -0.2) is 13.4 Å². The summed E-state index contributed by atoms with van der Waals surface area (Å²) in [6.07, 6.45) is -4.98. The highest BCUT2D eigenvalue weighted by Crippen LogP contribution is 2.38. The van der Waals surface area contributed by atoms with Crippen LogP contribution >= 0.6 is 23.2 Å². The first-order valence-electron chi connectivity index (χ1n) is 8.81. The number of nitrogens with zero attached hydrogens (tertiary/aromatic N) is 4. The Balaban J connectivity index is 2.04. The minimum absolute atomic E-state index is 0.0465. The number of nitrogens with one attached hydrogen (secondary N) is 1. The molecule has 2 heterocycles. The minimum atomic E-state index is -4.98. The van der Waals surface area contributed by atoms with Crippen LogP contribution in [0.2, 0.25) is 10.0 Å². The van der Waals surface area contributed by atoms with Crippen LogP contribution in [0.25, 0.3) is 16.7 Å². The molecule has 1 N–H and O–H groups in total. The quantitative estimate of drug-likeness (QED) is 0.399. The number of imidazole rings is 1. The summed E-state index contributed by atoms with van der Waals surface area (Å²) in [6, 6.07) is 11.2. The maximum absolute atomic E-state index is 13.7. The van der Waals surface area contributed by atoms with Gasteiger partial charge in [0.15, 0.2) is 5.65 Å². The molecule has 0 saturated heterocycles. The summed E-state index contributed by atoms with van der Waals surface area (Å²) >= 11 is 12.0. The second kappa shape index (κ2) is 7.81. The molecular weight excluding hydrogens is 502 g/mol. The van der Waals surface area contributed by atoms with Crippen molar-refractivity contribution in [1.29, 1.82) is 10.5 Å². The van der Waals surface area contributed by atoms with E-state index >= 15 is 0 Å². The van der Waals surface area contributed by atoms with E-state index in [1.54, 1.807) is 0 Å². The molecule has 2 aromatic carbocycles. The molecule has 0 fully saturated rings. The standard InChI is InChI=1S/C20H8Cl2F3N5O2S/c21-14-6-16-17(7-15(14)22)30-18(5-13(20(23,24)25)12(9-27)19(30)28-16)29-33(31,32)11-3-1-10(8-26)2-4-11/h1-7,29H. The molecule has 0 saturated carbocycles. The van der Waals surface area contributed by atoms with Crippen LogP contribution in [-0.2, 0) is 16.2 Å². The van der Waals surface area contributed by atoms with Crippen molar-refractivity contribution in [1.82, 2.24) is 9.38 Å². The van der Waals surface area contributed by atoms with Crippen molar-refractivity contribution in [3.63, 3.8) is 0 Å². The molecule has 0 atom stereocenters. The van der Waals surface area contributed by atoms with Gasteiger partial charge in [0, 0.05) is 0 Å². The maximum Gasteiger partial charge on any atom is 0.417 e. The molecule has 0 spiro atoms. The number of anilines is 1. The highest BCUT2D eigenvalue weighted by Gasteiger charge is 2.37. The van der Waals surface area contributed by atoms with Crippen molar-refractivity contribution >= 4 is 55.7 Å². The molecule has 0 aliphatic rings. The molecule has 33 heavy (non-hydrogen) atoms. The van der Waals surface area contributed by atoms with Crippen molar-refractivity contribution in [3.8, 4) is 12.1 Å². The third-order valence-corrected chi connectivity index (χ3v) is 6.75. The summed E-state index contributed by atoms with van der Waals surface area (Å²) in [5.41, 5.74) is -2.18. The lowest BCUT2D eigenvalue weighted by atomic mass is 10.1. The van der Waals surface area contributed by atoms with Gasteiger partial charge in [-0.2, -0.15) is 23.7 Å². The second-order valence-electron chi connectivity index (χ2n) is 6.70. The zero-order valence-corrected chi connectivity index (χ0v) is 18.3. The van der Waals surface area contributed by atoms with Gasteiger partial charge in [0.2, 0.25) is 0 Å². The van der Waals surface area contributed by atoms with Crippen LogP contribution in [0.15, 0.2) is 47.4 Å². The van der Waals surface area contributed by atoms with Gasteiger partial charge in [-0.3, -0.25) is 9.12 Å². The van der Waals surface area contributed by atoms with Gasteiger partial charge in [-0.05, 0) is 42.5 Å². The predicted octanol–water partition coefficient (Wildman–Crippen LogP) is 5.36. The fourth-order valence-electron chi connectivity index (χ4n) is 3.19. The van der Waals surface area contributed by atoms with Crippen LogP contribution in [0.5, 0.6) is 0 Å². The van der Waals surface area contributed by atoms with Gasteiger partial charge in [0.1, 0.15) is 17.5 Å². The lowest BCUT2D eigenvalue weighted by Gasteiger charge is -2.16. The molecule has 166 valence electrons. The fourth-order valence-corrected chi connectivity index (χ4v) is 4.55. The van der Waals surface area contributed by atoms with E-state index in [2.05, 4.69) is 9.71 Å². The molecule has 0 amide bonds. The Labute approximate surface area is 194 Å². The van der Waals surface area contributed by atoms with E-state index in [-0.39, 0.29) is 31.5 Å². The van der Waals surface area contributed by atoms with Gasteiger partial charge >= 0.3 is 6.18 Å². The fraction of sp³-hybridized carbons (Fsp3) is 0.0500. The van der Waals surface area contributed by atoms with Crippen LogP contribution in [0.1, 0.15) is 16.7 Å². The molecule has 4 rings (SSSR count). The number of sulfonamides is 1. The zero-order valence-electron chi connectivity index (χ0n) is 15.9. The first kappa shape index (κ1) is 22.7. The summed E-state index contributed by atoms with van der Waals surface area (Å²) in [5, 5.41) is 18.4. The molecule has 0 bridgehead atoms. The molecule has 0 unspecified atom stereocenters. The van der Waals surface area contributed by atoms with E-state index in [9.17, 15) is 26.9 Å². The van der Waals surface area contributed by atoms with E-state index in [0.29, 0.717) is 6.07 Å². The number of fused-ring (bicyclic) bond motifs is 3. The van der Waals surface area contributed by atoms with Crippen molar-refractivity contribution in [2.24, 2.45) is 0 Å². The molecule has 4 aromatic rings. The predicted molar refractivity (Wildman–Crippen MR) is 114 cm³/mol. The van der Waals surface area contributed by atoms with Crippen LogP contribution < -0.4 is 4.72 Å². The summed E-state index contributed by atoms with van der Waals surface area (Å²) < 4.78 is 70.2. The Bertz CT molecular complexity index is 1630. The van der Waals surface area contributed by atoms with Crippen molar-refractivity contribution in [2.75, 3.05) is 4.72 Å². The largest absolute Gasteiger partial charge is 0.417 e. The first-order valence-corrected chi connectivity index (χ1v) is 11.0. The van der Waals surface area contributed by atoms with E-state index in [0.717, 1.165) is 16.5 Å². The summed E-state index contributed by atoms with van der Waals surface area (Å²) in [5.74, 6) is -0.526. The molecule has 7 nitrogen and oxygen atoms in total. The van der Waals surface area contributed by atoms with Crippen molar-refractivity contribution in [2.45, 2.75) is 11.1 Å². The number of hydrogen-bond acceptors (Lipinski definition) is 5. The number of aromatic nitrogens is 2. The Hall–Kier alpha value is -3.51. The van der Waals surface area contributed by atoms with Gasteiger partial charge in [-0.1, -0.05) is 23.2 Å². The zero-order chi connectivity index (χ0) is 24.1. The van der Waals surface area contributed by atoms with Crippen LogP contribution in [0.4, 0.5) is 19.0 Å². The Morgan fingerprint density at radius 1 is 1.00 bits per heavy atom. The number of benzene rings is 2. The van der Waals surface area contributed by atoms with Crippen molar-refractivity contribution in [3.05, 3.63) is 69.2 Å². The summed E-state index contributed by atoms with van der Waals surface area (Å²) in [6.45, 7) is 0. The Morgan fingerprint density at radius 3 is 2.21 bits per heavy atom. The van der Waals surface area contributed by atoms with E-state index in [1.165, 1.54) is 30.3 Å². The van der Waals surface area contributed by atoms with Gasteiger partial charge in [0.05, 0.1) is 43.2 Å². The molecule has 13 heteroatoms. The lowest BCUT2D eigenvalue weighted by molar-refractivity contribution is -0.137. The van der Waals surface area contributed by atoms with Gasteiger partial charge in [-0.15, -0.1) is 0 Å². The summed E-state index contributed by atoms with van der Waals surface area (Å²) in [7, 11) is -4.39. The number of hydrogen-bond donors (Lipinski definition) is 1. The first-order chi connectivity index (χ1) is 15.5. The average molecular weight is 510 g/mol. The monoisotopic (exact) mass is 509 g/mol. The highest BCUT2D eigenvalue weighted by molar-refractivity contribution is 7.92. The van der Waals surface area contributed by atoms with E-state index in [4.69, 9.17) is 28.5 Å². The number of halogens is 5. The highest BCUT2D eigenvalue weighted by atomic mass is 35.5. The smallest absolute Gasteiger partial charge is 0.277 e. The number of nitriles is 2. The Kier molecular flexibility index (Phi) is 5.37. The Morgan fingerprint density at radius 2 is 1.64 bits per heavy atom. The number of alkyl halides is 3.